The van der Waals surface area contributed by atoms with E-state index in [1.165, 1.54) is 12.8 Å². The summed E-state index contributed by atoms with van der Waals surface area (Å²) in [5.41, 5.74) is 0. The molecule has 48 valence electrons. The van der Waals surface area contributed by atoms with E-state index in [0.29, 0.717) is 5.06 Å². The van der Waals surface area contributed by atoms with Crippen LogP contribution in [0.4, 0.5) is 0 Å². The summed E-state index contributed by atoms with van der Waals surface area (Å²) in [6, 6.07) is 0. The molecule has 0 saturated carbocycles. The van der Waals surface area contributed by atoms with Gasteiger partial charge in [-0.25, -0.2) is 5.21 Å². The van der Waals surface area contributed by atoms with Gasteiger partial charge in [0.1, 0.15) is 13.1 Å². The smallest absolute Gasteiger partial charge is 0.107 e. The molecule has 1 heterocycles. The van der Waals surface area contributed by atoms with E-state index >= 15 is 0 Å². The minimum Gasteiger partial charge on any atom is -0.219 e. The average Bonchev–Trinajstić information content (AvgIpc) is 1.77. The van der Waals surface area contributed by atoms with Crippen LogP contribution in [0.3, 0.4) is 0 Å². The second-order valence-corrected chi connectivity index (χ2v) is 2.75. The van der Waals surface area contributed by atoms with Crippen molar-refractivity contribution >= 4 is 0 Å². The maximum atomic E-state index is 8.94. The Morgan fingerprint density at radius 2 is 1.88 bits per heavy atom. The van der Waals surface area contributed by atoms with E-state index in [0.717, 1.165) is 19.0 Å². The molecule has 2 N–H and O–H groups in total. The normalized spacial score (nSPS) is 39.8. The van der Waals surface area contributed by atoms with E-state index in [-0.39, 0.29) is 0 Å². The van der Waals surface area contributed by atoms with Gasteiger partial charge in [0.25, 0.3) is 0 Å². The van der Waals surface area contributed by atoms with Crippen molar-refractivity contribution in [2.75, 3.05) is 13.1 Å². The first kappa shape index (κ1) is 6.05. The second kappa shape index (κ2) is 2.46. The van der Waals surface area contributed by atoms with E-state index in [9.17, 15) is 0 Å². The van der Waals surface area contributed by atoms with Crippen LogP contribution in [0.1, 0.15) is 19.8 Å². The monoisotopic (exact) mass is 116 g/mol. The van der Waals surface area contributed by atoms with Crippen LogP contribution in [0, 0.1) is 5.92 Å². The topological polar surface area (TPSA) is 24.7 Å². The van der Waals surface area contributed by atoms with Crippen LogP contribution in [-0.4, -0.2) is 18.3 Å². The van der Waals surface area contributed by atoms with Gasteiger partial charge < -0.3 is 0 Å². The summed E-state index contributed by atoms with van der Waals surface area (Å²) in [4.78, 5) is 0. The minimum atomic E-state index is 0.711. The zero-order valence-corrected chi connectivity index (χ0v) is 5.35. The molecule has 2 heteroatoms. The summed E-state index contributed by atoms with van der Waals surface area (Å²) in [5.74, 6) is 0.839. The molecule has 0 aliphatic carbocycles. The van der Waals surface area contributed by atoms with Crippen molar-refractivity contribution < 1.29 is 10.3 Å². The number of hydroxylamine groups is 2. The summed E-state index contributed by atoms with van der Waals surface area (Å²) >= 11 is 0. The van der Waals surface area contributed by atoms with Gasteiger partial charge in [-0.3, -0.25) is 0 Å². The molecule has 0 aromatic heterocycles. The molecule has 8 heavy (non-hydrogen) atoms. The lowest BCUT2D eigenvalue weighted by Gasteiger charge is -2.20. The molecular weight excluding hydrogens is 102 g/mol. The standard InChI is InChI=1S/C6H13NO/c1-6-2-4-7(8)5-3-6/h6,8H,2-5H2,1H3/p+1. The van der Waals surface area contributed by atoms with Crippen molar-refractivity contribution in [2.24, 2.45) is 5.92 Å². The lowest BCUT2D eigenvalue weighted by atomic mass is 10.0. The van der Waals surface area contributed by atoms with Crippen LogP contribution in [0.5, 0.6) is 0 Å². The number of rotatable bonds is 0. The maximum Gasteiger partial charge on any atom is 0.107 e. The third kappa shape index (κ3) is 1.46. The fourth-order valence-electron chi connectivity index (χ4n) is 1.10. The zero-order chi connectivity index (χ0) is 5.98. The molecule has 0 bridgehead atoms. The number of quaternary nitrogens is 1. The maximum absolute atomic E-state index is 8.94. The molecule has 1 fully saturated rings. The molecular formula is C6H14NO+. The Bertz CT molecular complexity index is 56.9. The van der Waals surface area contributed by atoms with Crippen LogP contribution in [0.25, 0.3) is 0 Å². The Balaban J connectivity index is 2.19. The predicted octanol–water partition coefficient (Wildman–Crippen LogP) is -0.310. The summed E-state index contributed by atoms with van der Waals surface area (Å²) in [6.07, 6.45) is 2.37. The molecule has 0 atom stereocenters. The fourth-order valence-corrected chi connectivity index (χ4v) is 1.10. The van der Waals surface area contributed by atoms with Crippen LogP contribution >= 0.6 is 0 Å². The van der Waals surface area contributed by atoms with E-state index < -0.39 is 0 Å². The van der Waals surface area contributed by atoms with Crippen molar-refractivity contribution in [1.82, 2.24) is 0 Å². The van der Waals surface area contributed by atoms with Crippen molar-refractivity contribution in [2.45, 2.75) is 19.8 Å². The average molecular weight is 116 g/mol. The highest BCUT2D eigenvalue weighted by molar-refractivity contribution is 4.53. The van der Waals surface area contributed by atoms with Gasteiger partial charge in [-0.2, -0.15) is 5.06 Å². The fraction of sp³-hybridized carbons (Fsp3) is 1.00. The van der Waals surface area contributed by atoms with Gasteiger partial charge >= 0.3 is 0 Å². The SMILES string of the molecule is CC1CC[NH+](O)CC1. The van der Waals surface area contributed by atoms with Gasteiger partial charge in [0.15, 0.2) is 0 Å². The minimum absolute atomic E-state index is 0.711. The first-order valence-electron chi connectivity index (χ1n) is 3.32. The lowest BCUT2D eigenvalue weighted by molar-refractivity contribution is -1.09. The number of hydrogen-bond donors (Lipinski definition) is 2. The first-order chi connectivity index (χ1) is 3.79. The third-order valence-corrected chi connectivity index (χ3v) is 1.85. The number of piperidine rings is 1. The van der Waals surface area contributed by atoms with E-state index in [4.69, 9.17) is 5.21 Å². The van der Waals surface area contributed by atoms with Gasteiger partial charge in [-0.1, -0.05) is 6.92 Å². The van der Waals surface area contributed by atoms with E-state index in [1.54, 1.807) is 0 Å². The third-order valence-electron chi connectivity index (χ3n) is 1.85. The Morgan fingerprint density at radius 1 is 1.38 bits per heavy atom. The summed E-state index contributed by atoms with van der Waals surface area (Å²) in [6.45, 7) is 4.13. The molecule has 1 saturated heterocycles. The van der Waals surface area contributed by atoms with Gasteiger partial charge in [0, 0.05) is 12.8 Å². The van der Waals surface area contributed by atoms with Gasteiger partial charge in [0.05, 0.1) is 0 Å². The molecule has 0 radical (unpaired) electrons. The van der Waals surface area contributed by atoms with Crippen LogP contribution < -0.4 is 5.06 Å². The van der Waals surface area contributed by atoms with Crippen molar-refractivity contribution in [1.29, 1.82) is 0 Å². The van der Waals surface area contributed by atoms with Crippen LogP contribution in [-0.2, 0) is 0 Å². The molecule has 0 amide bonds. The molecule has 0 aromatic carbocycles. The Kier molecular flexibility index (Phi) is 1.86. The Morgan fingerprint density at radius 3 is 2.25 bits per heavy atom. The summed E-state index contributed by atoms with van der Waals surface area (Å²) < 4.78 is 0. The highest BCUT2D eigenvalue weighted by Crippen LogP contribution is 2.05. The Hall–Kier alpha value is -0.0800. The van der Waals surface area contributed by atoms with Gasteiger partial charge in [0.2, 0.25) is 0 Å². The van der Waals surface area contributed by atoms with E-state index in [2.05, 4.69) is 6.92 Å². The molecule has 1 aliphatic heterocycles. The van der Waals surface area contributed by atoms with Crippen molar-refractivity contribution in [3.05, 3.63) is 0 Å². The largest absolute Gasteiger partial charge is 0.219 e. The molecule has 1 aliphatic rings. The van der Waals surface area contributed by atoms with Gasteiger partial charge in [-0.15, -0.1) is 0 Å². The van der Waals surface area contributed by atoms with E-state index in [1.807, 2.05) is 0 Å². The molecule has 2 nitrogen and oxygen atoms in total. The summed E-state index contributed by atoms with van der Waals surface area (Å²) in [5, 5.41) is 9.65. The number of hydrogen-bond acceptors (Lipinski definition) is 1. The second-order valence-electron chi connectivity index (χ2n) is 2.75. The predicted molar refractivity (Wildman–Crippen MR) is 30.9 cm³/mol. The molecule has 0 aromatic rings. The van der Waals surface area contributed by atoms with Crippen LogP contribution in [0.15, 0.2) is 0 Å². The molecule has 1 rings (SSSR count). The zero-order valence-electron chi connectivity index (χ0n) is 5.35. The highest BCUT2D eigenvalue weighted by atomic mass is 16.5. The highest BCUT2D eigenvalue weighted by Gasteiger charge is 2.16. The van der Waals surface area contributed by atoms with Crippen molar-refractivity contribution in [3.63, 3.8) is 0 Å². The lowest BCUT2D eigenvalue weighted by Crippen LogP contribution is -3.10. The van der Waals surface area contributed by atoms with Gasteiger partial charge in [-0.05, 0) is 5.92 Å². The first-order valence-corrected chi connectivity index (χ1v) is 3.32. The van der Waals surface area contributed by atoms with Crippen LogP contribution in [0.2, 0.25) is 0 Å². The van der Waals surface area contributed by atoms with Crippen molar-refractivity contribution in [3.8, 4) is 0 Å². The molecule has 0 unspecified atom stereocenters. The quantitative estimate of drug-likeness (QED) is 0.446. The Labute approximate surface area is 50.1 Å². The molecule has 0 spiro atoms. The number of nitrogens with one attached hydrogen (secondary N) is 1. The summed E-state index contributed by atoms with van der Waals surface area (Å²) in [7, 11) is 0.